The number of anilines is 1. The van der Waals surface area contributed by atoms with E-state index in [9.17, 15) is 4.79 Å². The fourth-order valence-electron chi connectivity index (χ4n) is 2.43. The van der Waals surface area contributed by atoms with Gasteiger partial charge in [-0.1, -0.05) is 0 Å². The van der Waals surface area contributed by atoms with Gasteiger partial charge in [0.05, 0.1) is 6.61 Å². The van der Waals surface area contributed by atoms with E-state index in [1.54, 1.807) is 7.11 Å². The Labute approximate surface area is 118 Å². The number of H-pyrrole nitrogens is 1. The van der Waals surface area contributed by atoms with Crippen molar-refractivity contribution >= 4 is 5.82 Å². The molecule has 0 unspecified atom stereocenters. The molecule has 0 amide bonds. The Hall–Kier alpha value is -1.44. The van der Waals surface area contributed by atoms with E-state index in [0.717, 1.165) is 32.6 Å². The van der Waals surface area contributed by atoms with Crippen molar-refractivity contribution in [3.63, 3.8) is 0 Å². The molecule has 0 atom stereocenters. The summed E-state index contributed by atoms with van der Waals surface area (Å²) in [6.07, 6.45) is 0.994. The second-order valence-electron chi connectivity index (χ2n) is 4.89. The number of β-amino-alcohol motifs (C(OH)–C–C–N with tert-alkyl or cyclic N) is 1. The van der Waals surface area contributed by atoms with Crippen molar-refractivity contribution in [3.8, 4) is 0 Å². The highest BCUT2D eigenvalue weighted by molar-refractivity contribution is 5.37. The summed E-state index contributed by atoms with van der Waals surface area (Å²) < 4.78 is 5.01. The van der Waals surface area contributed by atoms with Gasteiger partial charge in [0.1, 0.15) is 18.2 Å². The quantitative estimate of drug-likeness (QED) is 0.752. The molecular weight excluding hydrogens is 260 g/mol. The molecule has 2 N–H and O–H groups in total. The number of ether oxygens (including phenoxy) is 1. The van der Waals surface area contributed by atoms with E-state index in [1.165, 1.54) is 6.07 Å². The van der Waals surface area contributed by atoms with Crippen LogP contribution in [0.3, 0.4) is 0 Å². The van der Waals surface area contributed by atoms with Crippen LogP contribution < -0.4 is 10.5 Å². The van der Waals surface area contributed by atoms with Crippen molar-refractivity contribution < 1.29 is 9.84 Å². The number of aliphatic hydroxyl groups is 1. The van der Waals surface area contributed by atoms with Crippen LogP contribution >= 0.6 is 0 Å². The van der Waals surface area contributed by atoms with Gasteiger partial charge >= 0.3 is 0 Å². The molecule has 20 heavy (non-hydrogen) atoms. The Kier molecular flexibility index (Phi) is 5.51. The van der Waals surface area contributed by atoms with Crippen LogP contribution in [0.5, 0.6) is 0 Å². The maximum absolute atomic E-state index is 11.7. The van der Waals surface area contributed by atoms with Gasteiger partial charge in [0.25, 0.3) is 5.56 Å². The van der Waals surface area contributed by atoms with Crippen LogP contribution in [0, 0.1) is 0 Å². The molecule has 0 bridgehead atoms. The molecular formula is C13H22N4O3. The summed E-state index contributed by atoms with van der Waals surface area (Å²) in [5.74, 6) is 1.25. The molecule has 0 spiro atoms. The van der Waals surface area contributed by atoms with Crippen molar-refractivity contribution in [2.24, 2.45) is 0 Å². The summed E-state index contributed by atoms with van der Waals surface area (Å²) in [6.45, 7) is 4.69. The Morgan fingerprint density at radius 1 is 1.40 bits per heavy atom. The first-order valence-corrected chi connectivity index (χ1v) is 6.90. The topological polar surface area (TPSA) is 81.7 Å². The number of hydrogen-bond acceptors (Lipinski definition) is 6. The summed E-state index contributed by atoms with van der Waals surface area (Å²) in [7, 11) is 1.57. The Morgan fingerprint density at radius 2 is 2.25 bits per heavy atom. The van der Waals surface area contributed by atoms with Crippen LogP contribution in [0.25, 0.3) is 0 Å². The number of aromatic nitrogens is 2. The molecule has 7 heteroatoms. The zero-order chi connectivity index (χ0) is 14.4. The smallest absolute Gasteiger partial charge is 0.253 e. The van der Waals surface area contributed by atoms with Crippen LogP contribution in [-0.4, -0.2) is 66.4 Å². The molecule has 1 aliphatic rings. The van der Waals surface area contributed by atoms with E-state index in [-0.39, 0.29) is 12.2 Å². The fraction of sp³-hybridized carbons (Fsp3) is 0.692. The molecule has 1 aromatic rings. The summed E-state index contributed by atoms with van der Waals surface area (Å²) in [5, 5.41) is 9.00. The lowest BCUT2D eigenvalue weighted by atomic mass is 10.3. The van der Waals surface area contributed by atoms with E-state index in [4.69, 9.17) is 9.84 Å². The number of hydrogen-bond donors (Lipinski definition) is 2. The zero-order valence-electron chi connectivity index (χ0n) is 11.8. The van der Waals surface area contributed by atoms with Gasteiger partial charge < -0.3 is 19.7 Å². The van der Waals surface area contributed by atoms with Crippen LogP contribution in [0.2, 0.25) is 0 Å². The lowest BCUT2D eigenvalue weighted by Crippen LogP contribution is -2.33. The van der Waals surface area contributed by atoms with Gasteiger partial charge in [-0.25, -0.2) is 4.98 Å². The minimum atomic E-state index is -0.154. The van der Waals surface area contributed by atoms with Crippen molar-refractivity contribution in [3.05, 3.63) is 22.2 Å². The van der Waals surface area contributed by atoms with Crippen LogP contribution in [0.4, 0.5) is 5.82 Å². The lowest BCUT2D eigenvalue weighted by Gasteiger charge is -2.22. The molecule has 0 aliphatic carbocycles. The third-order valence-electron chi connectivity index (χ3n) is 3.39. The molecule has 112 valence electrons. The number of nitrogens with zero attached hydrogens (tertiary/aromatic N) is 3. The molecule has 2 heterocycles. The molecule has 1 aromatic heterocycles. The van der Waals surface area contributed by atoms with Crippen molar-refractivity contribution in [1.82, 2.24) is 14.9 Å². The Morgan fingerprint density at radius 3 is 3.00 bits per heavy atom. The van der Waals surface area contributed by atoms with Crippen molar-refractivity contribution in [1.29, 1.82) is 0 Å². The third kappa shape index (κ3) is 4.03. The third-order valence-corrected chi connectivity index (χ3v) is 3.39. The van der Waals surface area contributed by atoms with E-state index < -0.39 is 0 Å². The second kappa shape index (κ2) is 7.37. The Balaban J connectivity index is 2.09. The molecule has 1 saturated heterocycles. The fourth-order valence-corrected chi connectivity index (χ4v) is 2.43. The minimum absolute atomic E-state index is 0.154. The van der Waals surface area contributed by atoms with Gasteiger partial charge in [0.2, 0.25) is 0 Å². The van der Waals surface area contributed by atoms with Crippen molar-refractivity contribution in [2.75, 3.05) is 51.3 Å². The summed E-state index contributed by atoms with van der Waals surface area (Å²) in [6, 6.07) is 1.53. The second-order valence-corrected chi connectivity index (χ2v) is 4.89. The van der Waals surface area contributed by atoms with Gasteiger partial charge in [0.15, 0.2) is 0 Å². The highest BCUT2D eigenvalue weighted by Gasteiger charge is 2.16. The average Bonchev–Trinajstić information content (AvgIpc) is 2.65. The molecule has 1 fully saturated rings. The maximum atomic E-state index is 11.7. The van der Waals surface area contributed by atoms with Crippen molar-refractivity contribution in [2.45, 2.75) is 13.0 Å². The van der Waals surface area contributed by atoms with Crippen LogP contribution in [0.15, 0.2) is 10.9 Å². The largest absolute Gasteiger partial charge is 0.395 e. The SMILES string of the molecule is COCc1nc(N2CCCN(CCO)CC2)cc(=O)[nH]1. The first-order chi connectivity index (χ1) is 9.72. The standard InChI is InChI=1S/C13H22N4O3/c1-20-10-11-14-12(9-13(19)15-11)17-4-2-3-16(5-6-17)7-8-18/h9,18H,2-8,10H2,1H3,(H,14,15,19). The first kappa shape index (κ1) is 15.0. The molecule has 0 radical (unpaired) electrons. The maximum Gasteiger partial charge on any atom is 0.253 e. The van der Waals surface area contributed by atoms with Gasteiger partial charge in [-0.2, -0.15) is 0 Å². The molecule has 1 aliphatic heterocycles. The van der Waals surface area contributed by atoms with Gasteiger partial charge in [-0.3, -0.25) is 9.69 Å². The highest BCUT2D eigenvalue weighted by atomic mass is 16.5. The van der Waals surface area contributed by atoms with Crippen LogP contribution in [0.1, 0.15) is 12.2 Å². The minimum Gasteiger partial charge on any atom is -0.395 e. The average molecular weight is 282 g/mol. The summed E-state index contributed by atoms with van der Waals surface area (Å²) >= 11 is 0. The lowest BCUT2D eigenvalue weighted by molar-refractivity contribution is 0.177. The Bertz CT molecular complexity index is 477. The molecule has 2 rings (SSSR count). The van der Waals surface area contributed by atoms with E-state index in [1.807, 2.05) is 0 Å². The van der Waals surface area contributed by atoms with Gasteiger partial charge in [-0.15, -0.1) is 0 Å². The molecule has 0 aromatic carbocycles. The van der Waals surface area contributed by atoms with Gasteiger partial charge in [-0.05, 0) is 13.0 Å². The first-order valence-electron chi connectivity index (χ1n) is 6.90. The monoisotopic (exact) mass is 282 g/mol. The zero-order valence-corrected chi connectivity index (χ0v) is 11.8. The predicted molar refractivity (Wildman–Crippen MR) is 75.9 cm³/mol. The number of methoxy groups -OCH3 is 1. The molecule has 0 saturated carbocycles. The highest BCUT2D eigenvalue weighted by Crippen LogP contribution is 2.12. The van der Waals surface area contributed by atoms with E-state index >= 15 is 0 Å². The van der Waals surface area contributed by atoms with E-state index in [0.29, 0.717) is 24.8 Å². The number of aliphatic hydroxyl groups excluding tert-OH is 1. The summed E-state index contributed by atoms with van der Waals surface area (Å²) in [4.78, 5) is 23.1. The number of aromatic amines is 1. The number of nitrogens with one attached hydrogen (secondary N) is 1. The molecule has 7 nitrogen and oxygen atoms in total. The number of rotatable bonds is 5. The normalized spacial score (nSPS) is 17.2. The predicted octanol–water partition coefficient (Wildman–Crippen LogP) is -0.579. The van der Waals surface area contributed by atoms with E-state index in [2.05, 4.69) is 19.8 Å². The van der Waals surface area contributed by atoms with Crippen LogP contribution in [-0.2, 0) is 11.3 Å². The van der Waals surface area contributed by atoms with Gasteiger partial charge in [0, 0.05) is 39.4 Å². The summed E-state index contributed by atoms with van der Waals surface area (Å²) in [5.41, 5.74) is -0.154.